The van der Waals surface area contributed by atoms with Crippen LogP contribution in [0.15, 0.2) is 62.3 Å². The molecule has 2 heterocycles. The minimum atomic E-state index is -0.971. The van der Waals surface area contributed by atoms with Gasteiger partial charge in [0, 0.05) is 27.5 Å². The number of hydrogen-bond acceptors (Lipinski definition) is 4. The van der Waals surface area contributed by atoms with Crippen molar-refractivity contribution in [3.8, 4) is 0 Å². The summed E-state index contributed by atoms with van der Waals surface area (Å²) in [6.45, 7) is 2.02. The maximum Gasteiger partial charge on any atom is 0.374 e. The van der Waals surface area contributed by atoms with Gasteiger partial charge in [-0.05, 0) is 98.9 Å². The minimum absolute atomic E-state index is 0.0134. The summed E-state index contributed by atoms with van der Waals surface area (Å²) in [5.41, 5.74) is 1.57. The highest BCUT2D eigenvalue weighted by Gasteiger charge is 2.26. The van der Waals surface area contributed by atoms with Gasteiger partial charge in [-0.2, -0.15) is 4.39 Å². The van der Waals surface area contributed by atoms with Gasteiger partial charge < -0.3 is 9.73 Å². The fraction of sp³-hybridized carbons (Fsp3) is 0.333. The van der Waals surface area contributed by atoms with E-state index in [1.807, 2.05) is 19.2 Å². The lowest BCUT2D eigenvalue weighted by molar-refractivity contribution is 0.302. The lowest BCUT2D eigenvalue weighted by atomic mass is 9.76. The first-order chi connectivity index (χ1) is 16.4. The molecular weight excluding hydrogens is 502 g/mol. The molecule has 2 aromatic carbocycles. The van der Waals surface area contributed by atoms with E-state index >= 15 is 0 Å². The molecule has 0 saturated heterocycles. The molecule has 0 spiro atoms. The summed E-state index contributed by atoms with van der Waals surface area (Å²) < 4.78 is 34.4. The summed E-state index contributed by atoms with van der Waals surface area (Å²) in [4.78, 5) is 16.4. The maximum absolute atomic E-state index is 14.7. The van der Waals surface area contributed by atoms with Gasteiger partial charge >= 0.3 is 5.63 Å². The molecule has 1 fully saturated rings. The molecule has 1 N–H and O–H groups in total. The van der Waals surface area contributed by atoms with Crippen LogP contribution in [0.2, 0.25) is 0 Å². The zero-order valence-electron chi connectivity index (χ0n) is 18.8. The number of benzene rings is 2. The number of nitrogens with zero attached hydrogens (tertiary/aromatic N) is 1. The van der Waals surface area contributed by atoms with Crippen LogP contribution in [0.3, 0.4) is 0 Å². The molecular formula is C27H25BrF2N2O2. The SMILES string of the molecule is C[C@H](CC1CCC(c2ccnc3ccc(F)cc23)CC1)Nc1c(F)c(=O)oc2cc(Br)ccc12. The van der Waals surface area contributed by atoms with Crippen LogP contribution in [0.25, 0.3) is 21.9 Å². The molecule has 1 atom stereocenters. The van der Waals surface area contributed by atoms with Crippen LogP contribution in [-0.2, 0) is 0 Å². The fourth-order valence-electron chi connectivity index (χ4n) is 5.30. The van der Waals surface area contributed by atoms with Gasteiger partial charge in [0.25, 0.3) is 0 Å². The summed E-state index contributed by atoms with van der Waals surface area (Å²) in [7, 11) is 0. The molecule has 1 saturated carbocycles. The largest absolute Gasteiger partial charge is 0.420 e. The highest BCUT2D eigenvalue weighted by molar-refractivity contribution is 9.10. The van der Waals surface area contributed by atoms with Gasteiger partial charge in [-0.3, -0.25) is 4.98 Å². The van der Waals surface area contributed by atoms with Gasteiger partial charge in [0.05, 0.1) is 11.2 Å². The van der Waals surface area contributed by atoms with Crippen LogP contribution >= 0.6 is 15.9 Å². The van der Waals surface area contributed by atoms with Crippen molar-refractivity contribution < 1.29 is 13.2 Å². The van der Waals surface area contributed by atoms with Crippen molar-refractivity contribution >= 4 is 43.5 Å². The number of hydrogen-bond donors (Lipinski definition) is 1. The van der Waals surface area contributed by atoms with Crippen molar-refractivity contribution in [3.63, 3.8) is 0 Å². The molecule has 34 heavy (non-hydrogen) atoms. The molecule has 1 aliphatic rings. The van der Waals surface area contributed by atoms with Gasteiger partial charge in [-0.1, -0.05) is 15.9 Å². The van der Waals surface area contributed by atoms with Crippen molar-refractivity contribution in [3.05, 3.63) is 80.8 Å². The lowest BCUT2D eigenvalue weighted by Crippen LogP contribution is -2.24. The number of fused-ring (bicyclic) bond motifs is 2. The molecule has 0 radical (unpaired) electrons. The third-order valence-electron chi connectivity index (χ3n) is 6.92. The smallest absolute Gasteiger partial charge is 0.374 e. The first kappa shape index (κ1) is 23.0. The van der Waals surface area contributed by atoms with E-state index in [-0.39, 0.29) is 17.5 Å². The van der Waals surface area contributed by atoms with Gasteiger partial charge in [-0.15, -0.1) is 0 Å². The number of nitrogens with one attached hydrogen (secondary N) is 1. The monoisotopic (exact) mass is 526 g/mol. The second kappa shape index (κ2) is 9.45. The van der Waals surface area contributed by atoms with Gasteiger partial charge in [0.15, 0.2) is 0 Å². The number of pyridine rings is 1. The molecule has 0 aliphatic heterocycles. The molecule has 4 nitrogen and oxygen atoms in total. The Hall–Kier alpha value is -2.80. The number of halogens is 3. The molecule has 7 heteroatoms. The third kappa shape index (κ3) is 4.58. The van der Waals surface area contributed by atoms with E-state index < -0.39 is 11.4 Å². The van der Waals surface area contributed by atoms with Crippen molar-refractivity contribution in [2.45, 2.75) is 51.0 Å². The highest BCUT2D eigenvalue weighted by Crippen LogP contribution is 2.40. The van der Waals surface area contributed by atoms with E-state index in [9.17, 15) is 13.6 Å². The molecule has 0 unspecified atom stereocenters. The number of aromatic nitrogens is 1. The predicted molar refractivity (Wildman–Crippen MR) is 134 cm³/mol. The lowest BCUT2D eigenvalue weighted by Gasteiger charge is -2.31. The summed E-state index contributed by atoms with van der Waals surface area (Å²) in [6, 6.07) is 12.0. The summed E-state index contributed by atoms with van der Waals surface area (Å²) in [5, 5.41) is 4.68. The predicted octanol–water partition coefficient (Wildman–Crippen LogP) is 7.55. The van der Waals surface area contributed by atoms with Crippen molar-refractivity contribution in [1.82, 2.24) is 4.98 Å². The Morgan fingerprint density at radius 2 is 1.88 bits per heavy atom. The second-order valence-electron chi connectivity index (χ2n) is 9.28. The molecule has 4 aromatic rings. The van der Waals surface area contributed by atoms with Crippen LogP contribution in [0.5, 0.6) is 0 Å². The third-order valence-corrected chi connectivity index (χ3v) is 7.41. The standard InChI is InChI=1S/C27H25BrF2N2O2/c1-15(32-26-21-8-6-18(28)13-24(21)34-27(33)25(26)30)12-16-2-4-17(5-3-16)20-10-11-31-23-9-7-19(29)14-22(20)23/h6-11,13-17,32H,2-5,12H2,1H3/t15-,16?,17?/m1/s1. The molecule has 2 aromatic heterocycles. The first-order valence-corrected chi connectivity index (χ1v) is 12.4. The Kier molecular flexibility index (Phi) is 6.38. The fourth-order valence-corrected chi connectivity index (χ4v) is 5.64. The highest BCUT2D eigenvalue weighted by atomic mass is 79.9. The van der Waals surface area contributed by atoms with Gasteiger partial charge in [0.1, 0.15) is 11.4 Å². The molecule has 0 bridgehead atoms. The molecule has 1 aliphatic carbocycles. The van der Waals surface area contributed by atoms with Crippen LogP contribution < -0.4 is 10.9 Å². The van der Waals surface area contributed by atoms with Crippen LogP contribution in [0, 0.1) is 17.6 Å². The quantitative estimate of drug-likeness (QED) is 0.273. The zero-order valence-corrected chi connectivity index (χ0v) is 20.4. The molecule has 5 rings (SSSR count). The van der Waals surface area contributed by atoms with Crippen molar-refractivity contribution in [1.29, 1.82) is 0 Å². The minimum Gasteiger partial charge on any atom is -0.420 e. The van der Waals surface area contributed by atoms with E-state index in [0.29, 0.717) is 22.8 Å². The zero-order chi connectivity index (χ0) is 23.8. The normalized spacial score (nSPS) is 19.4. The molecule has 0 amide bonds. The number of rotatable bonds is 5. The van der Waals surface area contributed by atoms with E-state index in [1.54, 1.807) is 30.3 Å². The summed E-state index contributed by atoms with van der Waals surface area (Å²) in [6.07, 6.45) is 6.81. The topological polar surface area (TPSA) is 55.1 Å². The average Bonchev–Trinajstić information content (AvgIpc) is 2.82. The Balaban J connectivity index is 1.27. The number of anilines is 1. The van der Waals surface area contributed by atoms with E-state index in [4.69, 9.17) is 4.42 Å². The van der Waals surface area contributed by atoms with Crippen LogP contribution in [-0.4, -0.2) is 11.0 Å². The van der Waals surface area contributed by atoms with Crippen molar-refractivity contribution in [2.24, 2.45) is 5.92 Å². The van der Waals surface area contributed by atoms with E-state index in [1.165, 1.54) is 11.6 Å². The van der Waals surface area contributed by atoms with Crippen molar-refractivity contribution in [2.75, 3.05) is 5.32 Å². The Morgan fingerprint density at radius 3 is 2.68 bits per heavy atom. The Labute approximate surface area is 204 Å². The van der Waals surface area contributed by atoms with Crippen LogP contribution in [0.4, 0.5) is 14.5 Å². The second-order valence-corrected chi connectivity index (χ2v) is 10.2. The van der Waals surface area contributed by atoms with E-state index in [2.05, 4.69) is 26.2 Å². The van der Waals surface area contributed by atoms with Gasteiger partial charge in [-0.25, -0.2) is 9.18 Å². The summed E-state index contributed by atoms with van der Waals surface area (Å²) >= 11 is 3.36. The first-order valence-electron chi connectivity index (χ1n) is 11.6. The maximum atomic E-state index is 14.7. The Bertz CT molecular complexity index is 1410. The Morgan fingerprint density at radius 1 is 1.09 bits per heavy atom. The van der Waals surface area contributed by atoms with Gasteiger partial charge in [0.2, 0.25) is 5.82 Å². The van der Waals surface area contributed by atoms with E-state index in [0.717, 1.165) is 47.5 Å². The average molecular weight is 527 g/mol. The molecule has 176 valence electrons. The van der Waals surface area contributed by atoms with Crippen LogP contribution in [0.1, 0.15) is 50.5 Å². The summed E-state index contributed by atoms with van der Waals surface area (Å²) in [5.74, 6) is -0.253.